The molecule has 2 nitrogen and oxygen atoms in total. The van der Waals surface area contributed by atoms with Crippen LogP contribution in [0.25, 0.3) is 0 Å². The molecule has 0 heterocycles. The highest BCUT2D eigenvalue weighted by atomic mass is 79.9. The van der Waals surface area contributed by atoms with Gasteiger partial charge >= 0.3 is 0 Å². The average Bonchev–Trinajstić information content (AvgIpc) is 2.47. The second kappa shape index (κ2) is 7.19. The molecular formula is C17H18BrClO2. The number of halogens is 2. The van der Waals surface area contributed by atoms with Crippen LogP contribution in [0.3, 0.4) is 0 Å². The molecule has 2 aromatic carbocycles. The molecule has 0 aromatic heterocycles. The van der Waals surface area contributed by atoms with E-state index in [2.05, 4.69) is 29.8 Å². The van der Waals surface area contributed by atoms with E-state index >= 15 is 0 Å². The molecule has 1 atom stereocenters. The van der Waals surface area contributed by atoms with Gasteiger partial charge in [0.05, 0.1) is 7.11 Å². The summed E-state index contributed by atoms with van der Waals surface area (Å²) in [6, 6.07) is 13.6. The third-order valence-corrected chi connectivity index (χ3v) is 3.97. The predicted molar refractivity (Wildman–Crippen MR) is 91.1 cm³/mol. The Balaban J connectivity index is 2.21. The number of methoxy groups -OCH3 is 1. The maximum absolute atomic E-state index is 5.97. The second-order valence-electron chi connectivity index (χ2n) is 5.03. The first-order chi connectivity index (χ1) is 10.0. The van der Waals surface area contributed by atoms with Crippen LogP contribution in [0.5, 0.6) is 17.2 Å². The summed E-state index contributed by atoms with van der Waals surface area (Å²) < 4.78 is 11.1. The highest BCUT2D eigenvalue weighted by Crippen LogP contribution is 2.33. The summed E-state index contributed by atoms with van der Waals surface area (Å²) in [6.45, 7) is 4.26. The normalized spacial score (nSPS) is 12.3. The zero-order chi connectivity index (χ0) is 15.4. The standard InChI is InChI=1S/C17H18BrClO2/c1-11(2)15-10-14(8-9-16(15)20-3)21-13-6-4-12(5-7-13)17(18)19/h4-11,17H,1-3H3. The molecule has 1 unspecified atom stereocenters. The summed E-state index contributed by atoms with van der Waals surface area (Å²) in [6.07, 6.45) is 0. The van der Waals surface area contributed by atoms with E-state index in [9.17, 15) is 0 Å². The Morgan fingerprint density at radius 1 is 1.00 bits per heavy atom. The molecule has 0 aliphatic heterocycles. The summed E-state index contributed by atoms with van der Waals surface area (Å²) in [5.41, 5.74) is 2.13. The first-order valence-corrected chi connectivity index (χ1v) is 8.10. The van der Waals surface area contributed by atoms with E-state index in [1.807, 2.05) is 42.5 Å². The minimum absolute atomic E-state index is 0.180. The fourth-order valence-electron chi connectivity index (χ4n) is 2.04. The first kappa shape index (κ1) is 16.2. The van der Waals surface area contributed by atoms with Gasteiger partial charge < -0.3 is 9.47 Å². The smallest absolute Gasteiger partial charge is 0.127 e. The van der Waals surface area contributed by atoms with Gasteiger partial charge in [0, 0.05) is 5.56 Å². The van der Waals surface area contributed by atoms with Crippen LogP contribution in [-0.2, 0) is 0 Å². The summed E-state index contributed by atoms with van der Waals surface area (Å²) in [5, 5.41) is 0. The van der Waals surface area contributed by atoms with Gasteiger partial charge in [-0.1, -0.05) is 41.9 Å². The van der Waals surface area contributed by atoms with Crippen LogP contribution in [0.2, 0.25) is 0 Å². The van der Waals surface area contributed by atoms with Gasteiger partial charge in [0.1, 0.15) is 21.5 Å². The maximum Gasteiger partial charge on any atom is 0.127 e. The quantitative estimate of drug-likeness (QED) is 0.580. The van der Waals surface area contributed by atoms with Crippen molar-refractivity contribution in [1.82, 2.24) is 0 Å². The van der Waals surface area contributed by atoms with Gasteiger partial charge in [0.15, 0.2) is 0 Å². The summed E-state index contributed by atoms with van der Waals surface area (Å²) in [7, 11) is 1.68. The molecule has 21 heavy (non-hydrogen) atoms. The van der Waals surface area contributed by atoms with Crippen molar-refractivity contribution in [1.29, 1.82) is 0 Å². The highest BCUT2D eigenvalue weighted by Gasteiger charge is 2.10. The number of rotatable bonds is 5. The topological polar surface area (TPSA) is 18.5 Å². The molecular weight excluding hydrogens is 352 g/mol. The Kier molecular flexibility index (Phi) is 5.54. The molecule has 0 aliphatic carbocycles. The number of hydrogen-bond acceptors (Lipinski definition) is 2. The van der Waals surface area contributed by atoms with Crippen molar-refractivity contribution >= 4 is 27.5 Å². The van der Waals surface area contributed by atoms with Crippen molar-refractivity contribution in [3.8, 4) is 17.2 Å². The van der Waals surface area contributed by atoms with Gasteiger partial charge in [-0.3, -0.25) is 0 Å². The Hall–Kier alpha value is -1.19. The molecule has 0 fully saturated rings. The van der Waals surface area contributed by atoms with Crippen molar-refractivity contribution < 1.29 is 9.47 Å². The van der Waals surface area contributed by atoms with Gasteiger partial charge in [-0.05, 0) is 41.8 Å². The number of ether oxygens (including phenoxy) is 2. The third-order valence-electron chi connectivity index (χ3n) is 3.19. The van der Waals surface area contributed by atoms with Crippen molar-refractivity contribution in [2.24, 2.45) is 0 Å². The van der Waals surface area contributed by atoms with E-state index in [0.29, 0.717) is 5.92 Å². The van der Waals surface area contributed by atoms with E-state index in [-0.39, 0.29) is 4.29 Å². The summed E-state index contributed by atoms with van der Waals surface area (Å²) >= 11 is 9.29. The van der Waals surface area contributed by atoms with Crippen LogP contribution in [0.1, 0.15) is 35.2 Å². The third kappa shape index (κ3) is 4.14. The van der Waals surface area contributed by atoms with E-state index in [4.69, 9.17) is 21.1 Å². The highest BCUT2D eigenvalue weighted by molar-refractivity contribution is 9.09. The minimum Gasteiger partial charge on any atom is -0.496 e. The van der Waals surface area contributed by atoms with E-state index in [0.717, 1.165) is 28.4 Å². The van der Waals surface area contributed by atoms with Gasteiger partial charge in [-0.25, -0.2) is 0 Å². The predicted octanol–water partition coefficient (Wildman–Crippen LogP) is 6.24. The van der Waals surface area contributed by atoms with Crippen molar-refractivity contribution in [2.75, 3.05) is 7.11 Å². The average molecular weight is 370 g/mol. The van der Waals surface area contributed by atoms with Crippen LogP contribution >= 0.6 is 27.5 Å². The lowest BCUT2D eigenvalue weighted by molar-refractivity contribution is 0.405. The molecule has 0 saturated carbocycles. The first-order valence-electron chi connectivity index (χ1n) is 6.75. The van der Waals surface area contributed by atoms with Crippen LogP contribution in [0, 0.1) is 0 Å². The van der Waals surface area contributed by atoms with Crippen LogP contribution in [0.15, 0.2) is 42.5 Å². The van der Waals surface area contributed by atoms with Crippen LogP contribution < -0.4 is 9.47 Å². The molecule has 2 rings (SSSR count). The lowest BCUT2D eigenvalue weighted by atomic mass is 10.0. The molecule has 0 amide bonds. The Labute approximate surface area is 139 Å². The Morgan fingerprint density at radius 2 is 1.62 bits per heavy atom. The van der Waals surface area contributed by atoms with Crippen LogP contribution in [-0.4, -0.2) is 7.11 Å². The zero-order valence-corrected chi connectivity index (χ0v) is 14.6. The molecule has 0 radical (unpaired) electrons. The second-order valence-corrected chi connectivity index (χ2v) is 6.91. The number of benzene rings is 2. The fraction of sp³-hybridized carbons (Fsp3) is 0.294. The Morgan fingerprint density at radius 3 is 2.14 bits per heavy atom. The lowest BCUT2D eigenvalue weighted by Gasteiger charge is -2.14. The van der Waals surface area contributed by atoms with Gasteiger partial charge in [0.25, 0.3) is 0 Å². The number of hydrogen-bond donors (Lipinski definition) is 0. The molecule has 0 bridgehead atoms. The molecule has 0 aliphatic rings. The summed E-state index contributed by atoms with van der Waals surface area (Å²) in [4.78, 5) is 0. The van der Waals surface area contributed by atoms with Crippen molar-refractivity contribution in [3.63, 3.8) is 0 Å². The molecule has 112 valence electrons. The van der Waals surface area contributed by atoms with Gasteiger partial charge in [-0.2, -0.15) is 0 Å². The van der Waals surface area contributed by atoms with E-state index < -0.39 is 0 Å². The molecule has 0 saturated heterocycles. The molecule has 2 aromatic rings. The zero-order valence-electron chi connectivity index (χ0n) is 12.3. The summed E-state index contributed by atoms with van der Waals surface area (Å²) in [5.74, 6) is 2.84. The minimum atomic E-state index is -0.180. The van der Waals surface area contributed by atoms with Gasteiger partial charge in [-0.15, -0.1) is 11.6 Å². The van der Waals surface area contributed by atoms with E-state index in [1.54, 1.807) is 7.11 Å². The van der Waals surface area contributed by atoms with Crippen LogP contribution in [0.4, 0.5) is 0 Å². The Bertz CT molecular complexity index is 594. The SMILES string of the molecule is COc1ccc(Oc2ccc(C(Cl)Br)cc2)cc1C(C)C. The number of alkyl halides is 2. The molecule has 0 N–H and O–H groups in total. The van der Waals surface area contributed by atoms with Crippen molar-refractivity contribution in [3.05, 3.63) is 53.6 Å². The molecule has 4 heteroatoms. The lowest BCUT2D eigenvalue weighted by Crippen LogP contribution is -1.95. The van der Waals surface area contributed by atoms with Crippen molar-refractivity contribution in [2.45, 2.75) is 24.1 Å². The fourth-order valence-corrected chi connectivity index (χ4v) is 2.50. The van der Waals surface area contributed by atoms with Gasteiger partial charge in [0.2, 0.25) is 0 Å². The largest absolute Gasteiger partial charge is 0.496 e. The molecule has 0 spiro atoms. The maximum atomic E-state index is 5.97. The van der Waals surface area contributed by atoms with E-state index in [1.165, 1.54) is 0 Å². The monoisotopic (exact) mass is 368 g/mol.